The Morgan fingerprint density at radius 2 is 2.00 bits per heavy atom. The van der Waals surface area contributed by atoms with Gasteiger partial charge in [0.2, 0.25) is 5.91 Å². The lowest BCUT2D eigenvalue weighted by molar-refractivity contribution is -0.131. The van der Waals surface area contributed by atoms with Crippen LogP contribution in [0.5, 0.6) is 0 Å². The molecule has 1 aliphatic rings. The number of carbonyl (C=O) groups is 1. The van der Waals surface area contributed by atoms with E-state index in [0.29, 0.717) is 25.7 Å². The maximum Gasteiger partial charge on any atom is 0.245 e. The Bertz CT molecular complexity index is 433. The molecule has 110 valence electrons. The second-order valence-corrected chi connectivity index (χ2v) is 5.43. The van der Waals surface area contributed by atoms with E-state index < -0.39 is 0 Å². The van der Waals surface area contributed by atoms with Crippen LogP contribution in [-0.4, -0.2) is 36.7 Å². The summed E-state index contributed by atoms with van der Waals surface area (Å²) in [6.45, 7) is 8.15. The molecule has 4 heteroatoms. The highest BCUT2D eigenvalue weighted by Gasteiger charge is 2.40. The molecule has 1 N–H and O–H groups in total. The van der Waals surface area contributed by atoms with Crippen molar-refractivity contribution in [3.05, 3.63) is 35.9 Å². The van der Waals surface area contributed by atoms with Crippen molar-refractivity contribution >= 4 is 5.91 Å². The SMILES string of the molecule is CCOCCN1C(=O)C(c2ccccc2)NC1C(C)C. The molecular weight excluding hydrogens is 252 g/mol. The number of nitrogens with one attached hydrogen (secondary N) is 1. The summed E-state index contributed by atoms with van der Waals surface area (Å²) in [6, 6.07) is 9.67. The van der Waals surface area contributed by atoms with Gasteiger partial charge in [0, 0.05) is 13.2 Å². The van der Waals surface area contributed by atoms with E-state index in [9.17, 15) is 4.79 Å². The van der Waals surface area contributed by atoms with Gasteiger partial charge in [0.25, 0.3) is 0 Å². The maximum absolute atomic E-state index is 12.6. The topological polar surface area (TPSA) is 41.6 Å². The lowest BCUT2D eigenvalue weighted by Crippen LogP contribution is -2.42. The Labute approximate surface area is 121 Å². The highest BCUT2D eigenvalue weighted by atomic mass is 16.5. The number of hydrogen-bond acceptors (Lipinski definition) is 3. The number of carbonyl (C=O) groups excluding carboxylic acids is 1. The van der Waals surface area contributed by atoms with Crippen LogP contribution in [0.4, 0.5) is 0 Å². The molecule has 0 aromatic heterocycles. The largest absolute Gasteiger partial charge is 0.380 e. The minimum Gasteiger partial charge on any atom is -0.380 e. The average molecular weight is 276 g/mol. The van der Waals surface area contributed by atoms with Crippen molar-refractivity contribution in [1.29, 1.82) is 0 Å². The van der Waals surface area contributed by atoms with Crippen LogP contribution in [0.1, 0.15) is 32.4 Å². The normalized spacial score (nSPS) is 22.8. The zero-order chi connectivity index (χ0) is 14.5. The van der Waals surface area contributed by atoms with Gasteiger partial charge in [0.1, 0.15) is 6.04 Å². The van der Waals surface area contributed by atoms with Crippen molar-refractivity contribution in [3.8, 4) is 0 Å². The van der Waals surface area contributed by atoms with Gasteiger partial charge in [0.15, 0.2) is 0 Å². The third kappa shape index (κ3) is 3.19. The third-order valence-corrected chi connectivity index (χ3v) is 3.65. The van der Waals surface area contributed by atoms with Crippen LogP contribution in [-0.2, 0) is 9.53 Å². The molecule has 1 saturated heterocycles. The van der Waals surface area contributed by atoms with E-state index in [4.69, 9.17) is 4.74 Å². The van der Waals surface area contributed by atoms with Gasteiger partial charge in [-0.3, -0.25) is 10.1 Å². The van der Waals surface area contributed by atoms with Gasteiger partial charge in [-0.2, -0.15) is 0 Å². The molecule has 2 unspecified atom stereocenters. The summed E-state index contributed by atoms with van der Waals surface area (Å²) < 4.78 is 5.39. The Hall–Kier alpha value is -1.39. The van der Waals surface area contributed by atoms with Crippen molar-refractivity contribution in [2.75, 3.05) is 19.8 Å². The lowest BCUT2D eigenvalue weighted by atomic mass is 10.1. The lowest BCUT2D eigenvalue weighted by Gasteiger charge is -2.26. The Morgan fingerprint density at radius 3 is 2.60 bits per heavy atom. The summed E-state index contributed by atoms with van der Waals surface area (Å²) >= 11 is 0. The molecule has 0 bridgehead atoms. The smallest absolute Gasteiger partial charge is 0.245 e. The molecule has 1 aromatic carbocycles. The van der Waals surface area contributed by atoms with Gasteiger partial charge in [-0.15, -0.1) is 0 Å². The summed E-state index contributed by atoms with van der Waals surface area (Å²) in [4.78, 5) is 14.5. The molecule has 2 rings (SSSR count). The first-order valence-corrected chi connectivity index (χ1v) is 7.34. The highest BCUT2D eigenvalue weighted by Crippen LogP contribution is 2.26. The van der Waals surface area contributed by atoms with E-state index in [2.05, 4.69) is 19.2 Å². The number of ether oxygens (including phenoxy) is 1. The van der Waals surface area contributed by atoms with E-state index in [1.165, 1.54) is 0 Å². The average Bonchev–Trinajstić information content (AvgIpc) is 2.78. The van der Waals surface area contributed by atoms with E-state index in [0.717, 1.165) is 5.56 Å². The predicted octanol–water partition coefficient (Wildman–Crippen LogP) is 2.18. The van der Waals surface area contributed by atoms with Gasteiger partial charge < -0.3 is 9.64 Å². The summed E-state index contributed by atoms with van der Waals surface area (Å²) in [5.74, 6) is 0.517. The van der Waals surface area contributed by atoms with Crippen LogP contribution in [0.15, 0.2) is 30.3 Å². The molecule has 1 fully saturated rings. The van der Waals surface area contributed by atoms with Gasteiger partial charge in [-0.05, 0) is 18.4 Å². The maximum atomic E-state index is 12.6. The minimum absolute atomic E-state index is 0.0770. The summed E-state index contributed by atoms with van der Waals surface area (Å²) in [7, 11) is 0. The molecule has 0 spiro atoms. The first-order valence-electron chi connectivity index (χ1n) is 7.34. The van der Waals surface area contributed by atoms with Gasteiger partial charge in [0.05, 0.1) is 12.8 Å². The zero-order valence-electron chi connectivity index (χ0n) is 12.5. The molecule has 0 aliphatic carbocycles. The fraction of sp³-hybridized carbons (Fsp3) is 0.562. The second-order valence-electron chi connectivity index (χ2n) is 5.43. The molecule has 20 heavy (non-hydrogen) atoms. The zero-order valence-corrected chi connectivity index (χ0v) is 12.5. The second kappa shape index (κ2) is 6.86. The summed E-state index contributed by atoms with van der Waals surface area (Å²) in [6.07, 6.45) is 0.0770. The Morgan fingerprint density at radius 1 is 1.30 bits per heavy atom. The number of amides is 1. The monoisotopic (exact) mass is 276 g/mol. The van der Waals surface area contributed by atoms with Crippen molar-refractivity contribution < 1.29 is 9.53 Å². The van der Waals surface area contributed by atoms with Crippen LogP contribution >= 0.6 is 0 Å². The Balaban J connectivity index is 2.12. The minimum atomic E-state index is -0.231. The van der Waals surface area contributed by atoms with Gasteiger partial charge >= 0.3 is 0 Å². The van der Waals surface area contributed by atoms with Crippen molar-refractivity contribution in [2.45, 2.75) is 33.0 Å². The molecule has 0 saturated carbocycles. The van der Waals surface area contributed by atoms with E-state index in [1.807, 2.05) is 42.2 Å². The van der Waals surface area contributed by atoms with Crippen LogP contribution in [0.2, 0.25) is 0 Å². The Kier molecular flexibility index (Phi) is 5.15. The van der Waals surface area contributed by atoms with Crippen LogP contribution in [0.3, 0.4) is 0 Å². The number of benzene rings is 1. The predicted molar refractivity (Wildman–Crippen MR) is 79.2 cm³/mol. The van der Waals surface area contributed by atoms with Gasteiger partial charge in [-0.25, -0.2) is 0 Å². The van der Waals surface area contributed by atoms with Crippen molar-refractivity contribution in [3.63, 3.8) is 0 Å². The van der Waals surface area contributed by atoms with Crippen LogP contribution in [0.25, 0.3) is 0 Å². The van der Waals surface area contributed by atoms with Crippen LogP contribution in [0, 0.1) is 5.92 Å². The van der Waals surface area contributed by atoms with E-state index in [1.54, 1.807) is 0 Å². The molecule has 1 heterocycles. The summed E-state index contributed by atoms with van der Waals surface area (Å²) in [5, 5.41) is 3.45. The molecular formula is C16H24N2O2. The quantitative estimate of drug-likeness (QED) is 0.810. The molecule has 1 amide bonds. The fourth-order valence-corrected chi connectivity index (χ4v) is 2.63. The number of rotatable bonds is 6. The van der Waals surface area contributed by atoms with E-state index >= 15 is 0 Å². The van der Waals surface area contributed by atoms with Gasteiger partial charge in [-0.1, -0.05) is 44.2 Å². The summed E-state index contributed by atoms with van der Waals surface area (Å²) in [5.41, 5.74) is 1.03. The molecule has 2 atom stereocenters. The third-order valence-electron chi connectivity index (χ3n) is 3.65. The molecule has 1 aromatic rings. The standard InChI is InChI=1S/C16H24N2O2/c1-4-20-11-10-18-15(12(2)3)17-14(16(18)19)13-8-6-5-7-9-13/h5-9,12,14-15,17H,4,10-11H2,1-3H3. The van der Waals surface area contributed by atoms with Crippen LogP contribution < -0.4 is 5.32 Å². The van der Waals surface area contributed by atoms with Crippen molar-refractivity contribution in [1.82, 2.24) is 10.2 Å². The number of hydrogen-bond donors (Lipinski definition) is 1. The first-order chi connectivity index (χ1) is 9.65. The molecule has 4 nitrogen and oxygen atoms in total. The molecule has 0 radical (unpaired) electrons. The van der Waals surface area contributed by atoms with Crippen molar-refractivity contribution in [2.24, 2.45) is 5.92 Å². The first kappa shape index (κ1) is 15.0. The number of nitrogens with zero attached hydrogens (tertiary/aromatic N) is 1. The highest BCUT2D eigenvalue weighted by molar-refractivity contribution is 5.85. The molecule has 1 aliphatic heterocycles. The van der Waals surface area contributed by atoms with E-state index in [-0.39, 0.29) is 18.1 Å². The fourth-order valence-electron chi connectivity index (χ4n) is 2.63.